The first-order chi connectivity index (χ1) is 8.81. The number of benzene rings is 1. The van der Waals surface area contributed by atoms with Crippen molar-refractivity contribution in [2.75, 3.05) is 26.9 Å². The van der Waals surface area contributed by atoms with E-state index in [1.54, 1.807) is 18.4 Å². The van der Waals surface area contributed by atoms with Crippen LogP contribution in [0.1, 0.15) is 5.56 Å². The summed E-state index contributed by atoms with van der Waals surface area (Å²) in [5.74, 6) is 0.106. The highest BCUT2D eigenvalue weighted by Gasteiger charge is 2.08. The number of fused-ring (bicyclic) bond motifs is 1. The average molecular weight is 264 g/mol. The Labute approximate surface area is 110 Å². The number of carbonyl (C=O) groups is 1. The molecule has 18 heavy (non-hydrogen) atoms. The van der Waals surface area contributed by atoms with Crippen LogP contribution >= 0.6 is 11.3 Å². The lowest BCUT2D eigenvalue weighted by Crippen LogP contribution is -2.13. The lowest BCUT2D eigenvalue weighted by Gasteiger charge is -2.02. The van der Waals surface area contributed by atoms with Gasteiger partial charge in [0.15, 0.2) is 5.78 Å². The molecule has 96 valence electrons. The molecule has 0 aliphatic carbocycles. The van der Waals surface area contributed by atoms with Gasteiger partial charge in [0.25, 0.3) is 0 Å². The van der Waals surface area contributed by atoms with Crippen molar-refractivity contribution in [1.29, 1.82) is 0 Å². The molecule has 0 bridgehead atoms. The van der Waals surface area contributed by atoms with Crippen molar-refractivity contribution in [2.24, 2.45) is 0 Å². The van der Waals surface area contributed by atoms with E-state index in [-0.39, 0.29) is 12.4 Å². The molecular formula is C14H16O3S. The van der Waals surface area contributed by atoms with E-state index in [4.69, 9.17) is 9.47 Å². The summed E-state index contributed by atoms with van der Waals surface area (Å²) in [6.45, 7) is 1.15. The molecule has 0 spiro atoms. The van der Waals surface area contributed by atoms with Crippen LogP contribution < -0.4 is 0 Å². The number of carbonyl (C=O) groups excluding carboxylic acids is 1. The molecule has 1 aromatic carbocycles. The van der Waals surface area contributed by atoms with Gasteiger partial charge in [0, 0.05) is 18.2 Å². The Morgan fingerprint density at radius 2 is 2.11 bits per heavy atom. The van der Waals surface area contributed by atoms with Gasteiger partial charge in [-0.15, -0.1) is 11.3 Å². The van der Waals surface area contributed by atoms with Crippen molar-refractivity contribution in [3.63, 3.8) is 0 Å². The standard InChI is InChI=1S/C14H16O3S/c1-16-6-7-17-9-12(15)8-11-10-18-14-5-3-2-4-13(11)14/h2-5,10H,6-9H2,1H3. The van der Waals surface area contributed by atoms with Crippen molar-refractivity contribution in [3.8, 4) is 0 Å². The molecule has 0 atom stereocenters. The van der Waals surface area contributed by atoms with Crippen molar-refractivity contribution in [3.05, 3.63) is 35.2 Å². The summed E-state index contributed by atoms with van der Waals surface area (Å²) in [5, 5.41) is 3.23. The zero-order valence-electron chi connectivity index (χ0n) is 10.3. The van der Waals surface area contributed by atoms with Crippen molar-refractivity contribution in [1.82, 2.24) is 0 Å². The Bertz CT molecular complexity index is 518. The van der Waals surface area contributed by atoms with Crippen LogP contribution in [0.4, 0.5) is 0 Å². The van der Waals surface area contributed by atoms with Gasteiger partial charge in [-0.25, -0.2) is 0 Å². The van der Waals surface area contributed by atoms with E-state index in [9.17, 15) is 4.79 Å². The Morgan fingerprint density at radius 1 is 1.28 bits per heavy atom. The van der Waals surface area contributed by atoms with E-state index >= 15 is 0 Å². The predicted octanol–water partition coefficient (Wildman–Crippen LogP) is 2.68. The van der Waals surface area contributed by atoms with Crippen LogP contribution in [0.15, 0.2) is 29.6 Å². The van der Waals surface area contributed by atoms with Crippen LogP contribution in [0.5, 0.6) is 0 Å². The molecule has 0 unspecified atom stereocenters. The van der Waals surface area contributed by atoms with Crippen LogP contribution in [0.25, 0.3) is 10.1 Å². The minimum absolute atomic E-state index is 0.106. The number of ketones is 1. The van der Waals surface area contributed by atoms with Crippen LogP contribution in [-0.2, 0) is 20.7 Å². The normalized spacial score (nSPS) is 10.9. The van der Waals surface area contributed by atoms with Gasteiger partial charge in [-0.2, -0.15) is 0 Å². The largest absolute Gasteiger partial charge is 0.382 e. The second-order valence-electron chi connectivity index (χ2n) is 4.02. The minimum Gasteiger partial charge on any atom is -0.382 e. The Balaban J connectivity index is 1.91. The van der Waals surface area contributed by atoms with E-state index in [2.05, 4.69) is 17.5 Å². The van der Waals surface area contributed by atoms with Gasteiger partial charge in [-0.1, -0.05) is 18.2 Å². The quantitative estimate of drug-likeness (QED) is 0.721. The number of methoxy groups -OCH3 is 1. The van der Waals surface area contributed by atoms with E-state index in [1.165, 1.54) is 10.1 Å². The van der Waals surface area contributed by atoms with Crippen LogP contribution in [-0.4, -0.2) is 32.7 Å². The summed E-state index contributed by atoms with van der Waals surface area (Å²) in [7, 11) is 1.61. The van der Waals surface area contributed by atoms with Crippen LogP contribution in [0, 0.1) is 0 Å². The maximum Gasteiger partial charge on any atom is 0.162 e. The summed E-state index contributed by atoms with van der Waals surface area (Å²) in [5.41, 5.74) is 1.09. The molecule has 0 saturated heterocycles. The highest BCUT2D eigenvalue weighted by molar-refractivity contribution is 7.17. The molecular weight excluding hydrogens is 248 g/mol. The van der Waals surface area contributed by atoms with Gasteiger partial charge >= 0.3 is 0 Å². The Morgan fingerprint density at radius 3 is 2.94 bits per heavy atom. The average Bonchev–Trinajstić information content (AvgIpc) is 2.78. The van der Waals surface area contributed by atoms with Gasteiger partial charge in [0.2, 0.25) is 0 Å². The Hall–Kier alpha value is -1.23. The second kappa shape index (κ2) is 6.64. The van der Waals surface area contributed by atoms with E-state index in [0.717, 1.165) is 5.56 Å². The topological polar surface area (TPSA) is 35.5 Å². The zero-order valence-corrected chi connectivity index (χ0v) is 11.2. The third-order valence-corrected chi connectivity index (χ3v) is 3.66. The molecule has 2 rings (SSSR count). The molecule has 0 radical (unpaired) electrons. The monoisotopic (exact) mass is 264 g/mol. The highest BCUT2D eigenvalue weighted by atomic mass is 32.1. The third-order valence-electron chi connectivity index (χ3n) is 2.64. The molecule has 0 aliphatic heterocycles. The fourth-order valence-electron chi connectivity index (χ4n) is 1.76. The highest BCUT2D eigenvalue weighted by Crippen LogP contribution is 2.25. The number of ether oxygens (including phenoxy) is 2. The van der Waals surface area contributed by atoms with Crippen LogP contribution in [0.2, 0.25) is 0 Å². The second-order valence-corrected chi connectivity index (χ2v) is 4.93. The van der Waals surface area contributed by atoms with E-state index in [1.807, 2.05) is 12.1 Å². The fraction of sp³-hybridized carbons (Fsp3) is 0.357. The lowest BCUT2D eigenvalue weighted by atomic mass is 10.1. The number of Topliss-reactive ketones (excluding diaryl/α,β-unsaturated/α-hetero) is 1. The number of hydrogen-bond acceptors (Lipinski definition) is 4. The van der Waals surface area contributed by atoms with Gasteiger partial charge < -0.3 is 9.47 Å². The third kappa shape index (κ3) is 3.38. The predicted molar refractivity (Wildman–Crippen MR) is 73.2 cm³/mol. The van der Waals surface area contributed by atoms with Gasteiger partial charge in [0.05, 0.1) is 13.2 Å². The summed E-state index contributed by atoms with van der Waals surface area (Å²) < 4.78 is 11.3. The summed E-state index contributed by atoms with van der Waals surface area (Å²) in [6, 6.07) is 8.14. The number of thiophene rings is 1. The molecule has 2 aromatic rings. The number of rotatable bonds is 7. The van der Waals surface area contributed by atoms with E-state index in [0.29, 0.717) is 19.6 Å². The molecule has 4 heteroatoms. The summed E-state index contributed by atoms with van der Waals surface area (Å²) >= 11 is 1.67. The smallest absolute Gasteiger partial charge is 0.162 e. The first-order valence-corrected chi connectivity index (χ1v) is 6.72. The minimum atomic E-state index is 0.106. The molecule has 0 saturated carbocycles. The molecule has 1 heterocycles. The van der Waals surface area contributed by atoms with Crippen molar-refractivity contribution >= 4 is 27.2 Å². The van der Waals surface area contributed by atoms with Crippen LogP contribution in [0.3, 0.4) is 0 Å². The lowest BCUT2D eigenvalue weighted by molar-refractivity contribution is -0.123. The van der Waals surface area contributed by atoms with Gasteiger partial charge in [-0.05, 0) is 22.4 Å². The number of hydrogen-bond donors (Lipinski definition) is 0. The summed E-state index contributed by atoms with van der Waals surface area (Å²) in [6.07, 6.45) is 0.441. The maximum absolute atomic E-state index is 11.8. The Kier molecular flexibility index (Phi) is 4.87. The fourth-order valence-corrected chi connectivity index (χ4v) is 2.72. The van der Waals surface area contributed by atoms with Crippen molar-refractivity contribution in [2.45, 2.75) is 6.42 Å². The first-order valence-electron chi connectivity index (χ1n) is 5.84. The van der Waals surface area contributed by atoms with Gasteiger partial charge in [-0.3, -0.25) is 4.79 Å². The molecule has 0 N–H and O–H groups in total. The zero-order chi connectivity index (χ0) is 12.8. The van der Waals surface area contributed by atoms with E-state index < -0.39 is 0 Å². The van der Waals surface area contributed by atoms with Crippen molar-refractivity contribution < 1.29 is 14.3 Å². The maximum atomic E-state index is 11.8. The molecule has 3 nitrogen and oxygen atoms in total. The SMILES string of the molecule is COCCOCC(=O)Cc1csc2ccccc12. The summed E-state index contributed by atoms with van der Waals surface area (Å²) in [4.78, 5) is 11.8. The molecule has 0 amide bonds. The molecule has 0 aliphatic rings. The molecule has 1 aromatic heterocycles. The van der Waals surface area contributed by atoms with Gasteiger partial charge in [0.1, 0.15) is 6.61 Å². The first kappa shape index (κ1) is 13.2. The molecule has 0 fully saturated rings.